The third-order valence-corrected chi connectivity index (χ3v) is 12.4. The van der Waals surface area contributed by atoms with Gasteiger partial charge in [0.1, 0.15) is 54.9 Å². The Balaban J connectivity index is 1.70. The molecule has 0 saturated carbocycles. The molecule has 0 bridgehead atoms. The molecule has 14 heteroatoms. The summed E-state index contributed by atoms with van der Waals surface area (Å²) in [4.78, 5) is 12.9. The molecular weight excluding hydrogens is 801 g/mol. The number of aliphatic hydroxyl groups excluding tert-OH is 7. The van der Waals surface area contributed by atoms with Crippen LogP contribution >= 0.6 is 0 Å². The molecule has 0 amide bonds. The van der Waals surface area contributed by atoms with Crippen molar-refractivity contribution in [1.29, 1.82) is 0 Å². The Labute approximate surface area is 374 Å². The molecule has 0 spiro atoms. The zero-order valence-corrected chi connectivity index (χ0v) is 38.9. The fraction of sp³-hybridized carbons (Fsp3) is 0.979. The Bertz CT molecular complexity index is 1040. The number of hydrogen-bond acceptors (Lipinski definition) is 14. The molecular formula is C48H92O14. The topological polar surface area (TPSA) is 214 Å². The molecule has 0 aromatic carbocycles. The standard InChI is InChI=1S/C48H92O14/c1-3-5-7-9-11-13-14-15-16-17-18-19-20-21-22-23-24-26-28-30-32-57-34-37(60-40(50)31-29-27-25-12-10-8-6-4-2)35-58-47-46(56)44(54)42(52)39(62-47)36-59-48-45(55)43(53)41(51)38(33-49)61-48/h37-39,41-49,51-56H,3-36H2,1-2H3. The molecule has 11 atom stereocenters. The summed E-state index contributed by atoms with van der Waals surface area (Å²) in [5, 5.41) is 71.9. The summed E-state index contributed by atoms with van der Waals surface area (Å²) in [6.45, 7) is 3.69. The van der Waals surface area contributed by atoms with Crippen LogP contribution in [0.1, 0.15) is 200 Å². The molecule has 7 N–H and O–H groups in total. The lowest BCUT2D eigenvalue weighted by molar-refractivity contribution is -0.332. The molecule has 2 saturated heterocycles. The minimum atomic E-state index is -1.70. The van der Waals surface area contributed by atoms with E-state index in [0.717, 1.165) is 38.5 Å². The average Bonchev–Trinajstić information content (AvgIpc) is 3.27. The Morgan fingerprint density at radius 2 is 0.855 bits per heavy atom. The van der Waals surface area contributed by atoms with Crippen molar-refractivity contribution < 1.29 is 69.0 Å². The van der Waals surface area contributed by atoms with Gasteiger partial charge in [-0.05, 0) is 12.8 Å². The number of unbranched alkanes of at least 4 members (excludes halogenated alkanes) is 26. The van der Waals surface area contributed by atoms with Crippen molar-refractivity contribution in [3.8, 4) is 0 Å². The number of carbonyl (C=O) groups is 1. The van der Waals surface area contributed by atoms with Crippen molar-refractivity contribution in [2.75, 3.05) is 33.0 Å². The number of hydrogen-bond donors (Lipinski definition) is 7. The van der Waals surface area contributed by atoms with Crippen molar-refractivity contribution in [3.63, 3.8) is 0 Å². The van der Waals surface area contributed by atoms with Crippen LogP contribution in [-0.2, 0) is 33.2 Å². The zero-order valence-electron chi connectivity index (χ0n) is 38.9. The maximum atomic E-state index is 12.9. The maximum absolute atomic E-state index is 12.9. The van der Waals surface area contributed by atoms with Crippen LogP contribution in [0.4, 0.5) is 0 Å². The summed E-state index contributed by atoms with van der Waals surface area (Å²) in [5.74, 6) is -0.377. The minimum Gasteiger partial charge on any atom is -0.457 e. The van der Waals surface area contributed by atoms with Crippen LogP contribution < -0.4 is 0 Å². The average molecular weight is 893 g/mol. The second kappa shape index (κ2) is 37.1. The van der Waals surface area contributed by atoms with Crippen molar-refractivity contribution in [3.05, 3.63) is 0 Å². The summed E-state index contributed by atoms with van der Waals surface area (Å²) in [7, 11) is 0. The number of esters is 1. The quantitative estimate of drug-likeness (QED) is 0.0246. The van der Waals surface area contributed by atoms with Gasteiger partial charge in [0.15, 0.2) is 12.6 Å². The van der Waals surface area contributed by atoms with Crippen molar-refractivity contribution in [2.45, 2.75) is 268 Å². The van der Waals surface area contributed by atoms with E-state index >= 15 is 0 Å². The third kappa shape index (κ3) is 25.0. The summed E-state index contributed by atoms with van der Waals surface area (Å²) in [6, 6.07) is 0. The summed E-state index contributed by atoms with van der Waals surface area (Å²) >= 11 is 0. The second-order valence-electron chi connectivity index (χ2n) is 18.0. The highest BCUT2D eigenvalue weighted by Crippen LogP contribution is 2.26. The zero-order chi connectivity index (χ0) is 45.2. The number of rotatable bonds is 40. The largest absolute Gasteiger partial charge is 0.457 e. The highest BCUT2D eigenvalue weighted by Gasteiger charge is 2.47. The van der Waals surface area contributed by atoms with Gasteiger partial charge in [-0.15, -0.1) is 0 Å². The molecule has 2 aliphatic rings. The van der Waals surface area contributed by atoms with Gasteiger partial charge in [0.2, 0.25) is 0 Å². The molecule has 2 rings (SSSR count). The van der Waals surface area contributed by atoms with Gasteiger partial charge in [0.25, 0.3) is 0 Å². The van der Waals surface area contributed by atoms with E-state index in [1.165, 1.54) is 135 Å². The van der Waals surface area contributed by atoms with Crippen LogP contribution in [0.5, 0.6) is 0 Å². The predicted octanol–water partition coefficient (Wildman–Crippen LogP) is 6.91. The maximum Gasteiger partial charge on any atom is 0.306 e. The molecule has 368 valence electrons. The third-order valence-electron chi connectivity index (χ3n) is 12.4. The van der Waals surface area contributed by atoms with Crippen LogP contribution in [0.15, 0.2) is 0 Å². The van der Waals surface area contributed by atoms with Gasteiger partial charge < -0.3 is 64.2 Å². The molecule has 0 aromatic rings. The van der Waals surface area contributed by atoms with Crippen molar-refractivity contribution in [1.82, 2.24) is 0 Å². The van der Waals surface area contributed by atoms with Gasteiger partial charge in [0, 0.05) is 13.0 Å². The molecule has 2 fully saturated rings. The first-order chi connectivity index (χ1) is 30.1. The Morgan fingerprint density at radius 3 is 1.31 bits per heavy atom. The lowest BCUT2D eigenvalue weighted by atomic mass is 9.98. The molecule has 62 heavy (non-hydrogen) atoms. The lowest BCUT2D eigenvalue weighted by Crippen LogP contribution is -2.61. The second-order valence-corrected chi connectivity index (χ2v) is 18.0. The monoisotopic (exact) mass is 893 g/mol. The number of carbonyl (C=O) groups excluding carboxylic acids is 1. The van der Waals surface area contributed by atoms with E-state index in [9.17, 15) is 40.5 Å². The van der Waals surface area contributed by atoms with Crippen LogP contribution in [-0.4, -0.2) is 142 Å². The number of aliphatic hydroxyl groups is 7. The molecule has 2 heterocycles. The normalized spacial score (nSPS) is 27.1. The summed E-state index contributed by atoms with van der Waals surface area (Å²) in [5.41, 5.74) is 0. The molecule has 14 nitrogen and oxygen atoms in total. The van der Waals surface area contributed by atoms with E-state index in [0.29, 0.717) is 13.0 Å². The Morgan fingerprint density at radius 1 is 0.468 bits per heavy atom. The van der Waals surface area contributed by atoms with Gasteiger partial charge in [-0.3, -0.25) is 4.79 Å². The van der Waals surface area contributed by atoms with Crippen molar-refractivity contribution >= 4 is 5.97 Å². The predicted molar refractivity (Wildman–Crippen MR) is 238 cm³/mol. The summed E-state index contributed by atoms with van der Waals surface area (Å²) < 4.78 is 34.2. The van der Waals surface area contributed by atoms with E-state index in [4.69, 9.17) is 28.4 Å². The van der Waals surface area contributed by atoms with Gasteiger partial charge in [-0.1, -0.05) is 181 Å². The molecule has 2 aliphatic heterocycles. The molecule has 0 aromatic heterocycles. The Kier molecular flexibility index (Phi) is 34.2. The van der Waals surface area contributed by atoms with Gasteiger partial charge >= 0.3 is 5.97 Å². The van der Waals surface area contributed by atoms with Gasteiger partial charge in [-0.25, -0.2) is 0 Å². The first kappa shape index (κ1) is 57.1. The SMILES string of the molecule is CCCCCCCCCCCCCCCCCCCCCCOCC(COC1OC(COC2OC(CO)C(O)C(O)C2O)C(O)C(O)C1O)OC(=O)CCCCCCCCCC. The fourth-order valence-corrected chi connectivity index (χ4v) is 8.23. The van der Waals surface area contributed by atoms with E-state index in [1.807, 2.05) is 0 Å². The van der Waals surface area contributed by atoms with Crippen LogP contribution in [0.2, 0.25) is 0 Å². The number of ether oxygens (including phenoxy) is 6. The fourth-order valence-electron chi connectivity index (χ4n) is 8.23. The van der Waals surface area contributed by atoms with Crippen LogP contribution in [0, 0.1) is 0 Å². The highest BCUT2D eigenvalue weighted by molar-refractivity contribution is 5.69. The van der Waals surface area contributed by atoms with Crippen molar-refractivity contribution in [2.24, 2.45) is 0 Å². The highest BCUT2D eigenvalue weighted by atomic mass is 16.7. The van der Waals surface area contributed by atoms with Crippen LogP contribution in [0.3, 0.4) is 0 Å². The molecule has 0 aliphatic carbocycles. The first-order valence-electron chi connectivity index (χ1n) is 25.1. The Hall–Kier alpha value is -1.01. The summed E-state index contributed by atoms with van der Waals surface area (Å²) in [6.07, 6.45) is 19.1. The van der Waals surface area contributed by atoms with Gasteiger partial charge in [0.05, 0.1) is 26.4 Å². The van der Waals surface area contributed by atoms with Gasteiger partial charge in [-0.2, -0.15) is 0 Å². The van der Waals surface area contributed by atoms with E-state index in [-0.39, 0.29) is 25.6 Å². The smallest absolute Gasteiger partial charge is 0.306 e. The minimum absolute atomic E-state index is 0.0694. The van der Waals surface area contributed by atoms with Crippen LogP contribution in [0.25, 0.3) is 0 Å². The van der Waals surface area contributed by atoms with E-state index in [2.05, 4.69) is 13.8 Å². The molecule has 11 unspecified atom stereocenters. The van der Waals surface area contributed by atoms with E-state index < -0.39 is 80.7 Å². The first-order valence-corrected chi connectivity index (χ1v) is 25.1. The lowest BCUT2D eigenvalue weighted by Gasteiger charge is -2.42. The molecule has 0 radical (unpaired) electrons. The van der Waals surface area contributed by atoms with E-state index in [1.54, 1.807) is 0 Å².